The van der Waals surface area contributed by atoms with Gasteiger partial charge in [0.2, 0.25) is 5.95 Å². The van der Waals surface area contributed by atoms with Crippen LogP contribution in [0.2, 0.25) is 0 Å². The molecular weight excluding hydrogens is 300 g/mol. The number of hydrogen-bond donors (Lipinski definition) is 0. The summed E-state index contributed by atoms with van der Waals surface area (Å²) in [5.74, 6) is 1.53. The number of fused-ring (bicyclic) bond motifs is 1. The van der Waals surface area contributed by atoms with E-state index >= 15 is 0 Å². The predicted octanol–water partition coefficient (Wildman–Crippen LogP) is 2.33. The van der Waals surface area contributed by atoms with E-state index in [-0.39, 0.29) is 0 Å². The van der Waals surface area contributed by atoms with Gasteiger partial charge in [0.15, 0.2) is 0 Å². The van der Waals surface area contributed by atoms with Crippen LogP contribution in [0.1, 0.15) is 24.5 Å². The predicted molar refractivity (Wildman–Crippen MR) is 93.6 cm³/mol. The molecule has 0 N–H and O–H groups in total. The van der Waals surface area contributed by atoms with E-state index in [4.69, 9.17) is 4.98 Å². The fourth-order valence-corrected chi connectivity index (χ4v) is 3.38. The highest BCUT2D eigenvalue weighted by atomic mass is 15.3. The number of imidazole rings is 1. The van der Waals surface area contributed by atoms with Gasteiger partial charge in [0, 0.05) is 56.9 Å². The van der Waals surface area contributed by atoms with Crippen LogP contribution in [0.4, 0.5) is 11.6 Å². The van der Waals surface area contributed by atoms with Gasteiger partial charge in [-0.1, -0.05) is 0 Å². The minimum atomic E-state index is 0.697. The third-order valence-electron chi connectivity index (χ3n) is 4.93. The molecule has 2 fully saturated rings. The Kier molecular flexibility index (Phi) is 3.14. The maximum absolute atomic E-state index is 4.73. The van der Waals surface area contributed by atoms with Gasteiger partial charge in [0.05, 0.1) is 11.4 Å². The molecule has 0 aromatic carbocycles. The summed E-state index contributed by atoms with van der Waals surface area (Å²) in [5, 5.41) is 0. The van der Waals surface area contributed by atoms with E-state index in [9.17, 15) is 0 Å². The quantitative estimate of drug-likeness (QED) is 0.741. The first kappa shape index (κ1) is 13.8. The molecule has 0 atom stereocenters. The zero-order chi connectivity index (χ0) is 15.9. The first-order chi connectivity index (χ1) is 11.9. The molecule has 6 nitrogen and oxygen atoms in total. The minimum absolute atomic E-state index is 0.697. The lowest BCUT2D eigenvalue weighted by Crippen LogP contribution is -2.47. The second kappa shape index (κ2) is 5.47. The van der Waals surface area contributed by atoms with Crippen molar-refractivity contribution >= 4 is 17.3 Å². The second-order valence-corrected chi connectivity index (χ2v) is 6.62. The molecule has 122 valence electrons. The van der Waals surface area contributed by atoms with Crippen molar-refractivity contribution in [2.45, 2.75) is 18.8 Å². The first-order valence-corrected chi connectivity index (χ1v) is 8.62. The molecule has 3 aromatic rings. The van der Waals surface area contributed by atoms with Crippen molar-refractivity contribution in [2.24, 2.45) is 0 Å². The van der Waals surface area contributed by atoms with Crippen LogP contribution in [0.15, 0.2) is 43.0 Å². The first-order valence-electron chi connectivity index (χ1n) is 8.62. The van der Waals surface area contributed by atoms with Gasteiger partial charge in [-0.05, 0) is 31.0 Å². The van der Waals surface area contributed by atoms with Crippen molar-refractivity contribution in [3.05, 3.63) is 48.7 Å². The standard InChI is InChI=1S/C18H20N6/c1-6-19-18(20-7-1)23-10-8-22(9-11-23)15-4-5-17-21-16(14-2-3-14)13-24(17)12-15/h1,4-7,12-14H,2-3,8-11H2. The molecule has 3 aromatic heterocycles. The highest BCUT2D eigenvalue weighted by Crippen LogP contribution is 2.39. The van der Waals surface area contributed by atoms with E-state index in [2.05, 4.69) is 48.7 Å². The van der Waals surface area contributed by atoms with Crippen LogP contribution < -0.4 is 9.80 Å². The number of aromatic nitrogens is 4. The Bertz CT molecular complexity index is 846. The Morgan fingerprint density at radius 1 is 0.875 bits per heavy atom. The van der Waals surface area contributed by atoms with Gasteiger partial charge in [-0.15, -0.1) is 0 Å². The topological polar surface area (TPSA) is 49.6 Å². The largest absolute Gasteiger partial charge is 0.367 e. The lowest BCUT2D eigenvalue weighted by Gasteiger charge is -2.36. The molecule has 5 rings (SSSR count). The van der Waals surface area contributed by atoms with Crippen molar-refractivity contribution in [1.29, 1.82) is 0 Å². The van der Waals surface area contributed by atoms with E-state index in [1.807, 2.05) is 6.07 Å². The molecular formula is C18H20N6. The van der Waals surface area contributed by atoms with Crippen LogP contribution in [0, 0.1) is 0 Å². The third-order valence-corrected chi connectivity index (χ3v) is 4.93. The Morgan fingerprint density at radius 2 is 1.62 bits per heavy atom. The fraction of sp³-hybridized carbons (Fsp3) is 0.389. The Balaban J connectivity index is 1.33. The van der Waals surface area contributed by atoms with E-state index in [1.54, 1.807) is 12.4 Å². The lowest BCUT2D eigenvalue weighted by molar-refractivity contribution is 0.639. The van der Waals surface area contributed by atoms with Crippen LogP contribution in [-0.2, 0) is 0 Å². The summed E-state index contributed by atoms with van der Waals surface area (Å²) in [6, 6.07) is 6.18. The number of rotatable bonds is 3. The normalized spacial score (nSPS) is 18.3. The summed E-state index contributed by atoms with van der Waals surface area (Å²) in [5.41, 5.74) is 3.56. The SMILES string of the molecule is c1cnc(N2CCN(c3ccc4nc(C5CC5)cn4c3)CC2)nc1. The molecule has 1 saturated heterocycles. The van der Waals surface area contributed by atoms with Gasteiger partial charge in [-0.25, -0.2) is 15.0 Å². The molecule has 0 radical (unpaired) electrons. The average Bonchev–Trinajstić information content (AvgIpc) is 3.41. The van der Waals surface area contributed by atoms with E-state index in [0.717, 1.165) is 37.8 Å². The van der Waals surface area contributed by atoms with E-state index in [0.29, 0.717) is 5.92 Å². The Hall–Kier alpha value is -2.63. The van der Waals surface area contributed by atoms with Crippen LogP contribution in [0.25, 0.3) is 5.65 Å². The lowest BCUT2D eigenvalue weighted by atomic mass is 10.3. The van der Waals surface area contributed by atoms with Crippen molar-refractivity contribution < 1.29 is 0 Å². The second-order valence-electron chi connectivity index (χ2n) is 6.62. The summed E-state index contributed by atoms with van der Waals surface area (Å²) < 4.78 is 2.18. The molecule has 6 heteroatoms. The number of piperazine rings is 1. The molecule has 24 heavy (non-hydrogen) atoms. The number of hydrogen-bond acceptors (Lipinski definition) is 5. The summed E-state index contributed by atoms with van der Waals surface area (Å²) in [6.45, 7) is 3.85. The number of anilines is 2. The molecule has 0 unspecified atom stereocenters. The van der Waals surface area contributed by atoms with Gasteiger partial charge in [-0.2, -0.15) is 0 Å². The Morgan fingerprint density at radius 3 is 2.38 bits per heavy atom. The Labute approximate surface area is 140 Å². The van der Waals surface area contributed by atoms with Crippen LogP contribution in [0.3, 0.4) is 0 Å². The van der Waals surface area contributed by atoms with E-state index in [1.165, 1.54) is 24.2 Å². The highest BCUT2D eigenvalue weighted by molar-refractivity contribution is 5.54. The zero-order valence-electron chi connectivity index (χ0n) is 13.5. The van der Waals surface area contributed by atoms with Gasteiger partial charge in [-0.3, -0.25) is 0 Å². The number of nitrogens with zero attached hydrogens (tertiary/aromatic N) is 6. The van der Waals surface area contributed by atoms with Gasteiger partial charge in [0.25, 0.3) is 0 Å². The molecule has 1 saturated carbocycles. The summed E-state index contributed by atoms with van der Waals surface area (Å²) in [6.07, 6.45) is 10.6. The fourth-order valence-electron chi connectivity index (χ4n) is 3.38. The number of pyridine rings is 1. The van der Waals surface area contributed by atoms with Crippen LogP contribution in [0.5, 0.6) is 0 Å². The van der Waals surface area contributed by atoms with Crippen molar-refractivity contribution in [2.75, 3.05) is 36.0 Å². The van der Waals surface area contributed by atoms with Crippen molar-refractivity contribution in [1.82, 2.24) is 19.4 Å². The van der Waals surface area contributed by atoms with Gasteiger partial charge < -0.3 is 14.2 Å². The smallest absolute Gasteiger partial charge is 0.225 e. The van der Waals surface area contributed by atoms with Crippen molar-refractivity contribution in [3.8, 4) is 0 Å². The molecule has 0 spiro atoms. The zero-order valence-corrected chi connectivity index (χ0v) is 13.5. The molecule has 1 aliphatic heterocycles. The van der Waals surface area contributed by atoms with Gasteiger partial charge in [0.1, 0.15) is 5.65 Å². The minimum Gasteiger partial charge on any atom is -0.367 e. The van der Waals surface area contributed by atoms with Crippen LogP contribution in [-0.4, -0.2) is 45.5 Å². The van der Waals surface area contributed by atoms with E-state index < -0.39 is 0 Å². The maximum atomic E-state index is 4.73. The maximum Gasteiger partial charge on any atom is 0.225 e. The summed E-state index contributed by atoms with van der Waals surface area (Å²) >= 11 is 0. The molecule has 4 heterocycles. The molecule has 0 amide bonds. The highest BCUT2D eigenvalue weighted by Gasteiger charge is 2.26. The third kappa shape index (κ3) is 2.48. The molecule has 0 bridgehead atoms. The molecule has 1 aliphatic carbocycles. The summed E-state index contributed by atoms with van der Waals surface area (Å²) in [7, 11) is 0. The van der Waals surface area contributed by atoms with Crippen LogP contribution >= 0.6 is 0 Å². The summed E-state index contributed by atoms with van der Waals surface area (Å²) in [4.78, 5) is 18.1. The van der Waals surface area contributed by atoms with Crippen molar-refractivity contribution in [3.63, 3.8) is 0 Å². The van der Waals surface area contributed by atoms with Gasteiger partial charge >= 0.3 is 0 Å². The monoisotopic (exact) mass is 320 g/mol. The molecule has 2 aliphatic rings. The average molecular weight is 320 g/mol.